The van der Waals surface area contributed by atoms with Crippen LogP contribution < -0.4 is 10.1 Å². The normalized spacial score (nSPS) is 22.0. The Balaban J connectivity index is 1.38. The first-order valence-electron chi connectivity index (χ1n) is 19.8. The predicted molar refractivity (Wildman–Crippen MR) is 218 cm³/mol. The molecule has 0 saturated carbocycles. The number of carbonyl (C=O) groups excluding carboxylic acids is 2. The Kier molecular flexibility index (Phi) is 11.8. The van der Waals surface area contributed by atoms with Crippen molar-refractivity contribution in [3.8, 4) is 28.1 Å². The van der Waals surface area contributed by atoms with Gasteiger partial charge in [0.15, 0.2) is 0 Å². The quantitative estimate of drug-likeness (QED) is 0.229. The van der Waals surface area contributed by atoms with Gasteiger partial charge >= 0.3 is 5.97 Å². The molecule has 14 nitrogen and oxygen atoms in total. The van der Waals surface area contributed by atoms with E-state index in [2.05, 4.69) is 58.6 Å². The molecule has 4 aromatic rings. The minimum absolute atomic E-state index is 0.00855. The molecule has 1 amide bonds. The van der Waals surface area contributed by atoms with E-state index in [0.29, 0.717) is 44.5 Å². The number of ether oxygens (including phenoxy) is 2. The van der Waals surface area contributed by atoms with E-state index in [4.69, 9.17) is 14.5 Å². The SMILES string of the molecule is CCn1c(-c2cccnc2[C@H](C)OC)c2c3cc(ccc31)-c1cc(O)cc(c1)C[C@H](NS(=O)(=O)N1CCN(C)CC1)C(=O)N1CCC[C@H](N1)C(=O)OCC(C)(C)C2. The lowest BCUT2D eigenvalue weighted by molar-refractivity contribution is -0.155. The van der Waals surface area contributed by atoms with Crippen molar-refractivity contribution in [1.82, 2.24) is 33.9 Å². The number of fused-ring (bicyclic) bond motifs is 6. The smallest absolute Gasteiger partial charge is 0.324 e. The highest BCUT2D eigenvalue weighted by atomic mass is 32.2. The predicted octanol–water partition coefficient (Wildman–Crippen LogP) is 4.42. The highest BCUT2D eigenvalue weighted by Gasteiger charge is 2.37. The number of methoxy groups -OCH3 is 1. The number of hydrogen-bond acceptors (Lipinski definition) is 10. The molecule has 2 aromatic carbocycles. The largest absolute Gasteiger partial charge is 0.508 e. The molecule has 3 N–H and O–H groups in total. The number of nitrogens with zero attached hydrogens (tertiary/aromatic N) is 5. The number of phenolic OH excluding ortho intramolecular Hbond substituents is 1. The van der Waals surface area contributed by atoms with Crippen LogP contribution in [0.2, 0.25) is 0 Å². The number of cyclic esters (lactones) is 1. The maximum absolute atomic E-state index is 14.3. The van der Waals surface area contributed by atoms with Crippen molar-refractivity contribution in [2.45, 2.75) is 78.1 Å². The number of likely N-dealkylation sites (N-methyl/N-ethyl adjacent to an activating group) is 1. The number of aryl methyl sites for hydroxylation is 1. The second-order valence-electron chi connectivity index (χ2n) is 16.4. The lowest BCUT2D eigenvalue weighted by Gasteiger charge is -2.36. The van der Waals surface area contributed by atoms with Gasteiger partial charge in [-0.05, 0) is 105 Å². The number of hydrogen-bond donors (Lipinski definition) is 3. The van der Waals surface area contributed by atoms with Crippen molar-refractivity contribution >= 4 is 33.0 Å². The first-order valence-corrected chi connectivity index (χ1v) is 21.3. The Bertz CT molecular complexity index is 2250. The Hall–Kier alpha value is -4.38. The third kappa shape index (κ3) is 8.59. The summed E-state index contributed by atoms with van der Waals surface area (Å²) in [5, 5.41) is 13.5. The van der Waals surface area contributed by atoms with Gasteiger partial charge in [0.1, 0.15) is 17.8 Å². The number of pyridine rings is 1. The molecule has 0 unspecified atom stereocenters. The van der Waals surface area contributed by atoms with Gasteiger partial charge in [-0.3, -0.25) is 19.6 Å². The molecule has 2 saturated heterocycles. The molecule has 3 aliphatic rings. The number of hydrazine groups is 1. The van der Waals surface area contributed by atoms with Gasteiger partial charge in [-0.15, -0.1) is 0 Å². The Morgan fingerprint density at radius 1 is 1.07 bits per heavy atom. The molecule has 57 heavy (non-hydrogen) atoms. The number of amides is 1. The molecular weight excluding hydrogens is 747 g/mol. The van der Waals surface area contributed by atoms with Crippen LogP contribution in [0.5, 0.6) is 5.75 Å². The number of aromatic nitrogens is 2. The van der Waals surface area contributed by atoms with E-state index in [1.54, 1.807) is 25.4 Å². The minimum Gasteiger partial charge on any atom is -0.508 e. The number of phenols is 1. The van der Waals surface area contributed by atoms with Crippen LogP contribution in [0.4, 0.5) is 0 Å². The average Bonchev–Trinajstić information content (AvgIpc) is 3.50. The van der Waals surface area contributed by atoms with Crippen LogP contribution in [-0.2, 0) is 48.7 Å². The number of rotatable bonds is 7. The lowest BCUT2D eigenvalue weighted by atomic mass is 9.84. The number of aromatic hydroxyl groups is 1. The van der Waals surface area contributed by atoms with Crippen LogP contribution in [0, 0.1) is 5.41 Å². The Morgan fingerprint density at radius 3 is 2.58 bits per heavy atom. The van der Waals surface area contributed by atoms with Gasteiger partial charge in [0.25, 0.3) is 16.1 Å². The van der Waals surface area contributed by atoms with Gasteiger partial charge in [0.05, 0.1) is 24.1 Å². The summed E-state index contributed by atoms with van der Waals surface area (Å²) in [6.07, 6.45) is 2.99. The zero-order valence-electron chi connectivity index (χ0n) is 33.7. The summed E-state index contributed by atoms with van der Waals surface area (Å²) in [6, 6.07) is 13.4. The van der Waals surface area contributed by atoms with Crippen molar-refractivity contribution in [1.29, 1.82) is 0 Å². The molecular formula is C42H55N7O7S. The van der Waals surface area contributed by atoms with Gasteiger partial charge in [-0.2, -0.15) is 17.4 Å². The summed E-state index contributed by atoms with van der Waals surface area (Å²) in [7, 11) is -0.469. The van der Waals surface area contributed by atoms with Gasteiger partial charge in [-0.25, -0.2) is 5.43 Å². The molecule has 2 aromatic heterocycles. The summed E-state index contributed by atoms with van der Waals surface area (Å²) >= 11 is 0. The number of benzene rings is 2. The van der Waals surface area contributed by atoms with E-state index in [-0.39, 0.29) is 44.5 Å². The zero-order chi connectivity index (χ0) is 40.6. The van der Waals surface area contributed by atoms with E-state index >= 15 is 0 Å². The Labute approximate surface area is 335 Å². The van der Waals surface area contributed by atoms with Crippen LogP contribution in [0.15, 0.2) is 54.7 Å². The number of nitrogens with one attached hydrogen (secondary N) is 2. The fraction of sp³-hybridized carbons (Fsp3) is 0.500. The molecule has 3 aliphatic heterocycles. The molecule has 0 spiro atoms. The van der Waals surface area contributed by atoms with Crippen LogP contribution in [0.3, 0.4) is 0 Å². The van der Waals surface area contributed by atoms with E-state index in [9.17, 15) is 23.1 Å². The van der Waals surface area contributed by atoms with Gasteiger partial charge in [0.2, 0.25) is 0 Å². The minimum atomic E-state index is -4.08. The van der Waals surface area contributed by atoms with Crippen molar-refractivity contribution in [3.05, 3.63) is 71.5 Å². The lowest BCUT2D eigenvalue weighted by Crippen LogP contribution is -2.62. The molecule has 0 aliphatic carbocycles. The average molecular weight is 802 g/mol. The second kappa shape index (κ2) is 16.5. The van der Waals surface area contributed by atoms with Crippen LogP contribution in [0.25, 0.3) is 33.3 Å². The molecule has 0 radical (unpaired) electrons. The van der Waals surface area contributed by atoms with Crippen molar-refractivity contribution in [3.63, 3.8) is 0 Å². The number of esters is 1. The van der Waals surface area contributed by atoms with E-state index in [0.717, 1.165) is 44.5 Å². The molecule has 306 valence electrons. The van der Waals surface area contributed by atoms with Crippen LogP contribution >= 0.6 is 0 Å². The Morgan fingerprint density at radius 2 is 1.84 bits per heavy atom. The molecule has 5 heterocycles. The summed E-state index contributed by atoms with van der Waals surface area (Å²) < 4.78 is 45.8. The van der Waals surface area contributed by atoms with E-state index < -0.39 is 39.6 Å². The third-order valence-corrected chi connectivity index (χ3v) is 13.1. The van der Waals surface area contributed by atoms with E-state index in [1.165, 1.54) is 9.31 Å². The second-order valence-corrected chi connectivity index (χ2v) is 18.1. The molecule has 2 fully saturated rings. The summed E-state index contributed by atoms with van der Waals surface area (Å²) in [5.41, 5.74) is 9.55. The van der Waals surface area contributed by atoms with Crippen molar-refractivity contribution < 1.29 is 32.6 Å². The number of carbonyl (C=O) groups is 2. The molecule has 15 heteroatoms. The topological polar surface area (TPSA) is 159 Å². The van der Waals surface area contributed by atoms with Gasteiger partial charge in [0, 0.05) is 74.5 Å². The van der Waals surface area contributed by atoms with Crippen LogP contribution in [-0.4, -0.2) is 115 Å². The summed E-state index contributed by atoms with van der Waals surface area (Å²) in [5.74, 6) is -1.00. The molecule has 3 atom stereocenters. The van der Waals surface area contributed by atoms with Crippen molar-refractivity contribution in [2.75, 3.05) is 53.5 Å². The molecule has 6 bridgehead atoms. The summed E-state index contributed by atoms with van der Waals surface area (Å²) in [4.78, 5) is 34.9. The van der Waals surface area contributed by atoms with Crippen LogP contribution in [0.1, 0.15) is 63.5 Å². The first-order chi connectivity index (χ1) is 27.2. The van der Waals surface area contributed by atoms with E-state index in [1.807, 2.05) is 32.2 Å². The fourth-order valence-electron chi connectivity index (χ4n) is 8.33. The molecule has 7 rings (SSSR count). The van der Waals surface area contributed by atoms with Gasteiger partial charge in [-0.1, -0.05) is 26.0 Å². The highest BCUT2D eigenvalue weighted by molar-refractivity contribution is 7.87. The zero-order valence-corrected chi connectivity index (χ0v) is 34.6. The van der Waals surface area contributed by atoms with Gasteiger partial charge < -0.3 is 24.0 Å². The van der Waals surface area contributed by atoms with Crippen molar-refractivity contribution in [2.24, 2.45) is 5.41 Å². The summed E-state index contributed by atoms with van der Waals surface area (Å²) in [6.45, 7) is 11.0. The first kappa shape index (κ1) is 40.8. The monoisotopic (exact) mass is 801 g/mol. The number of piperazine rings is 1. The fourth-order valence-corrected chi connectivity index (χ4v) is 9.67. The third-order valence-electron chi connectivity index (χ3n) is 11.5. The standard InChI is InChI=1S/C42H55N7O7S/c1-7-48-37-13-12-29-24-33(37)34(39(48)32-10-8-14-43-38(32)27(2)55-6)25-42(3,4)26-56-41(52)35-11-9-15-49(44-35)40(51)36(22-28-20-30(29)23-31(50)21-28)45-57(53,54)47-18-16-46(5)17-19-47/h8,10,12-14,20-21,23-24,27,35-36,44-45,50H,7,9,11,15-19,22,25-26H2,1-6H3/t27-,35-,36-/m0/s1. The maximum Gasteiger partial charge on any atom is 0.324 e. The highest BCUT2D eigenvalue weighted by Crippen LogP contribution is 2.42. The maximum atomic E-state index is 14.3.